The van der Waals surface area contributed by atoms with Crippen molar-refractivity contribution < 1.29 is 19.7 Å². The van der Waals surface area contributed by atoms with Gasteiger partial charge in [-0.3, -0.25) is 4.79 Å². The number of phenolic OH excluding ortho intramolecular Hbond substituents is 2. The van der Waals surface area contributed by atoms with Crippen LogP contribution in [0.3, 0.4) is 0 Å². The van der Waals surface area contributed by atoms with E-state index < -0.39 is 0 Å². The molecule has 0 unspecified atom stereocenters. The second-order valence-corrected chi connectivity index (χ2v) is 5.09. The molecule has 0 amide bonds. The van der Waals surface area contributed by atoms with Gasteiger partial charge in [-0.15, -0.1) is 0 Å². The van der Waals surface area contributed by atoms with E-state index in [-0.39, 0.29) is 23.0 Å². The van der Waals surface area contributed by atoms with E-state index in [0.29, 0.717) is 5.56 Å². The van der Waals surface area contributed by atoms with Gasteiger partial charge in [-0.25, -0.2) is 0 Å². The number of hydrogen-bond donors (Lipinski definition) is 2. The Bertz CT molecular complexity index is 722. The Hall–Kier alpha value is -2.75. The van der Waals surface area contributed by atoms with E-state index in [1.165, 1.54) is 31.4 Å². The molecule has 4 heteroatoms. The Kier molecular flexibility index (Phi) is 4.51. The smallest absolute Gasteiger partial charge is 0.185 e. The van der Waals surface area contributed by atoms with Crippen LogP contribution in [0.1, 0.15) is 27.0 Å². The maximum absolute atomic E-state index is 12.2. The largest absolute Gasteiger partial charge is 0.507 e. The molecule has 0 aliphatic carbocycles. The summed E-state index contributed by atoms with van der Waals surface area (Å²) in [7, 11) is 1.43. The molecule has 2 rings (SSSR count). The van der Waals surface area contributed by atoms with Crippen molar-refractivity contribution >= 4 is 11.9 Å². The number of phenols is 2. The van der Waals surface area contributed by atoms with Gasteiger partial charge in [-0.2, -0.15) is 0 Å². The van der Waals surface area contributed by atoms with E-state index in [9.17, 15) is 15.0 Å². The van der Waals surface area contributed by atoms with Crippen LogP contribution in [-0.2, 0) is 0 Å². The van der Waals surface area contributed by atoms with Crippen molar-refractivity contribution in [1.82, 2.24) is 0 Å². The van der Waals surface area contributed by atoms with Gasteiger partial charge < -0.3 is 14.9 Å². The fraction of sp³-hybridized carbons (Fsp3) is 0.167. The molecule has 4 nitrogen and oxygen atoms in total. The quantitative estimate of drug-likeness (QED) is 0.668. The van der Waals surface area contributed by atoms with Crippen LogP contribution in [0.2, 0.25) is 0 Å². The van der Waals surface area contributed by atoms with Crippen LogP contribution in [-0.4, -0.2) is 23.1 Å². The molecule has 2 aromatic carbocycles. The number of aromatic hydroxyl groups is 2. The standard InChI is InChI=1S/C18H18O4/c1-11-8-13(9-12(2)18(11)21)4-6-15(19)14-5-7-16(20)17(10-14)22-3/h4-10,20-21H,1-3H3/b6-4+. The highest BCUT2D eigenvalue weighted by molar-refractivity contribution is 6.07. The average Bonchev–Trinajstić information content (AvgIpc) is 2.50. The average molecular weight is 298 g/mol. The second-order valence-electron chi connectivity index (χ2n) is 5.09. The van der Waals surface area contributed by atoms with Crippen molar-refractivity contribution in [2.24, 2.45) is 0 Å². The predicted molar refractivity (Wildman–Crippen MR) is 85.6 cm³/mol. The van der Waals surface area contributed by atoms with Crippen LogP contribution in [0.25, 0.3) is 6.08 Å². The number of aryl methyl sites for hydroxylation is 2. The van der Waals surface area contributed by atoms with Gasteiger partial charge >= 0.3 is 0 Å². The van der Waals surface area contributed by atoms with E-state index in [1.807, 2.05) is 26.0 Å². The Labute approximate surface area is 129 Å². The summed E-state index contributed by atoms with van der Waals surface area (Å²) in [6.45, 7) is 3.62. The van der Waals surface area contributed by atoms with E-state index in [4.69, 9.17) is 4.74 Å². The van der Waals surface area contributed by atoms with Crippen LogP contribution < -0.4 is 4.74 Å². The molecule has 0 radical (unpaired) electrons. The van der Waals surface area contributed by atoms with Crippen molar-refractivity contribution in [1.29, 1.82) is 0 Å². The monoisotopic (exact) mass is 298 g/mol. The summed E-state index contributed by atoms with van der Waals surface area (Å²) in [6, 6.07) is 8.08. The van der Waals surface area contributed by atoms with E-state index in [0.717, 1.165) is 16.7 Å². The molecule has 22 heavy (non-hydrogen) atoms. The molecule has 0 heterocycles. The molecule has 0 aliphatic rings. The van der Waals surface area contributed by atoms with Gasteiger partial charge in [0.1, 0.15) is 5.75 Å². The lowest BCUT2D eigenvalue weighted by Gasteiger charge is -2.05. The third kappa shape index (κ3) is 3.28. The summed E-state index contributed by atoms with van der Waals surface area (Å²) in [5.41, 5.74) is 2.79. The zero-order valence-corrected chi connectivity index (χ0v) is 12.8. The van der Waals surface area contributed by atoms with Crippen LogP contribution in [0.4, 0.5) is 0 Å². The summed E-state index contributed by atoms with van der Waals surface area (Å²) < 4.78 is 4.99. The van der Waals surface area contributed by atoms with E-state index >= 15 is 0 Å². The Balaban J connectivity index is 2.25. The minimum atomic E-state index is -0.193. The third-order valence-electron chi connectivity index (χ3n) is 3.40. The van der Waals surface area contributed by atoms with Gasteiger partial charge in [0.25, 0.3) is 0 Å². The molecule has 0 saturated heterocycles. The van der Waals surface area contributed by atoms with Gasteiger partial charge in [-0.1, -0.05) is 6.08 Å². The molecule has 2 N–H and O–H groups in total. The second kappa shape index (κ2) is 6.35. The summed E-state index contributed by atoms with van der Waals surface area (Å²) in [5.74, 6) is 0.330. The third-order valence-corrected chi connectivity index (χ3v) is 3.40. The molecule has 0 atom stereocenters. The normalized spacial score (nSPS) is 10.9. The highest BCUT2D eigenvalue weighted by Crippen LogP contribution is 2.27. The number of benzene rings is 2. The number of hydrogen-bond acceptors (Lipinski definition) is 4. The minimum Gasteiger partial charge on any atom is -0.507 e. The minimum absolute atomic E-state index is 0.00665. The van der Waals surface area contributed by atoms with Gasteiger partial charge in [0.05, 0.1) is 7.11 Å². The Morgan fingerprint density at radius 2 is 1.73 bits per heavy atom. The summed E-state index contributed by atoms with van der Waals surface area (Å²) in [4.78, 5) is 12.2. The number of ketones is 1. The summed E-state index contributed by atoms with van der Waals surface area (Å²) in [6.07, 6.45) is 3.15. The van der Waals surface area contributed by atoms with Crippen molar-refractivity contribution in [2.45, 2.75) is 13.8 Å². The molecule has 0 saturated carbocycles. The lowest BCUT2D eigenvalue weighted by Crippen LogP contribution is -1.95. The van der Waals surface area contributed by atoms with Crippen molar-refractivity contribution in [3.05, 3.63) is 58.7 Å². The van der Waals surface area contributed by atoms with Crippen LogP contribution in [0, 0.1) is 13.8 Å². The fourth-order valence-corrected chi connectivity index (χ4v) is 2.18. The molecule has 0 bridgehead atoms. The number of carbonyl (C=O) groups is 1. The SMILES string of the molecule is COc1cc(C(=O)/C=C/c2cc(C)c(O)c(C)c2)ccc1O. The molecular formula is C18H18O4. The topological polar surface area (TPSA) is 66.8 Å². The molecule has 114 valence electrons. The fourth-order valence-electron chi connectivity index (χ4n) is 2.18. The Morgan fingerprint density at radius 1 is 1.09 bits per heavy atom. The Morgan fingerprint density at radius 3 is 2.32 bits per heavy atom. The summed E-state index contributed by atoms with van der Waals surface area (Å²) in [5, 5.41) is 19.3. The van der Waals surface area contributed by atoms with Crippen molar-refractivity contribution in [2.75, 3.05) is 7.11 Å². The van der Waals surface area contributed by atoms with Crippen LogP contribution in [0.15, 0.2) is 36.4 Å². The zero-order chi connectivity index (χ0) is 16.3. The maximum Gasteiger partial charge on any atom is 0.185 e. The number of ether oxygens (including phenoxy) is 1. The predicted octanol–water partition coefficient (Wildman–Crippen LogP) is 3.62. The molecular weight excluding hydrogens is 280 g/mol. The molecule has 0 fully saturated rings. The highest BCUT2D eigenvalue weighted by atomic mass is 16.5. The molecule has 2 aromatic rings. The first-order valence-electron chi connectivity index (χ1n) is 6.82. The first-order valence-corrected chi connectivity index (χ1v) is 6.82. The first kappa shape index (κ1) is 15.6. The van der Waals surface area contributed by atoms with E-state index in [1.54, 1.807) is 6.08 Å². The van der Waals surface area contributed by atoms with Crippen LogP contribution in [0.5, 0.6) is 17.2 Å². The summed E-state index contributed by atoms with van der Waals surface area (Å²) >= 11 is 0. The molecule has 0 aromatic heterocycles. The number of methoxy groups -OCH3 is 1. The van der Waals surface area contributed by atoms with Crippen LogP contribution >= 0.6 is 0 Å². The molecule has 0 aliphatic heterocycles. The first-order chi connectivity index (χ1) is 10.4. The lowest BCUT2D eigenvalue weighted by atomic mass is 10.0. The number of rotatable bonds is 4. The lowest BCUT2D eigenvalue weighted by molar-refractivity contribution is 0.104. The van der Waals surface area contributed by atoms with Gasteiger partial charge in [0.2, 0.25) is 0 Å². The van der Waals surface area contributed by atoms with Gasteiger partial charge in [0, 0.05) is 5.56 Å². The maximum atomic E-state index is 12.2. The van der Waals surface area contributed by atoms with Crippen molar-refractivity contribution in [3.8, 4) is 17.2 Å². The van der Waals surface area contributed by atoms with Gasteiger partial charge in [-0.05, 0) is 66.9 Å². The number of allylic oxidation sites excluding steroid dienone is 1. The highest BCUT2D eigenvalue weighted by Gasteiger charge is 2.08. The zero-order valence-electron chi connectivity index (χ0n) is 12.8. The number of carbonyl (C=O) groups excluding carboxylic acids is 1. The van der Waals surface area contributed by atoms with Crippen molar-refractivity contribution in [3.63, 3.8) is 0 Å². The van der Waals surface area contributed by atoms with Gasteiger partial charge in [0.15, 0.2) is 17.3 Å². The van der Waals surface area contributed by atoms with E-state index in [2.05, 4.69) is 0 Å². The molecule has 0 spiro atoms.